The molecule has 0 unspecified atom stereocenters. The van der Waals surface area contributed by atoms with Gasteiger partial charge in [0.15, 0.2) is 17.3 Å². The fourth-order valence-corrected chi connectivity index (χ4v) is 1.80. The number of carboxylic acid groups (broad SMARTS) is 1. The van der Waals surface area contributed by atoms with E-state index in [9.17, 15) is 13.6 Å². The molecule has 20 heavy (non-hydrogen) atoms. The Morgan fingerprint density at radius 2 is 2.05 bits per heavy atom. The number of carboxylic acids is 1. The largest absolute Gasteiger partial charge is 0.476 e. The van der Waals surface area contributed by atoms with Gasteiger partial charge >= 0.3 is 5.97 Å². The minimum Gasteiger partial charge on any atom is -0.476 e. The van der Waals surface area contributed by atoms with Crippen LogP contribution in [-0.2, 0) is 6.42 Å². The van der Waals surface area contributed by atoms with Gasteiger partial charge in [0.25, 0.3) is 0 Å². The van der Waals surface area contributed by atoms with Crippen LogP contribution in [0.3, 0.4) is 0 Å². The number of aromatic carboxylic acids is 1. The van der Waals surface area contributed by atoms with Crippen molar-refractivity contribution in [2.24, 2.45) is 0 Å². The highest BCUT2D eigenvalue weighted by molar-refractivity contribution is 5.87. The van der Waals surface area contributed by atoms with E-state index in [1.54, 1.807) is 0 Å². The molecular weight excluding hydrogens is 270 g/mol. The molecular formula is C13H12F2N2O3. The number of rotatable bonds is 5. The number of aliphatic hydroxyl groups excluding tert-OH is 1. The van der Waals surface area contributed by atoms with Gasteiger partial charge in [0.2, 0.25) is 0 Å². The summed E-state index contributed by atoms with van der Waals surface area (Å²) in [6, 6.07) is 3.18. The van der Waals surface area contributed by atoms with Crippen LogP contribution in [0, 0.1) is 11.6 Å². The number of nitrogens with zero attached hydrogens (tertiary/aromatic N) is 2. The highest BCUT2D eigenvalue weighted by atomic mass is 19.2. The molecule has 2 aromatic rings. The summed E-state index contributed by atoms with van der Waals surface area (Å²) in [5, 5.41) is 21.7. The van der Waals surface area contributed by atoms with Crippen LogP contribution >= 0.6 is 0 Å². The van der Waals surface area contributed by atoms with Gasteiger partial charge in [0.1, 0.15) is 0 Å². The third-order valence-electron chi connectivity index (χ3n) is 2.76. The molecule has 2 rings (SSSR count). The first-order valence-electron chi connectivity index (χ1n) is 5.91. The number of benzene rings is 1. The number of hydrogen-bond donors (Lipinski definition) is 2. The molecule has 0 aliphatic carbocycles. The number of halogens is 2. The predicted octanol–water partition coefficient (Wildman–Crippen LogP) is 1.77. The van der Waals surface area contributed by atoms with Crippen molar-refractivity contribution in [2.75, 3.05) is 6.61 Å². The molecule has 0 atom stereocenters. The highest BCUT2D eigenvalue weighted by Crippen LogP contribution is 2.16. The average Bonchev–Trinajstić information content (AvgIpc) is 2.84. The van der Waals surface area contributed by atoms with E-state index in [0.29, 0.717) is 18.4 Å². The Morgan fingerprint density at radius 3 is 2.65 bits per heavy atom. The second-order valence-electron chi connectivity index (χ2n) is 4.18. The SMILES string of the molecule is O=C(O)c1nn(-c2ccc(F)c(F)c2)cc1CCCO. The number of aryl methyl sites for hydroxylation is 1. The van der Waals surface area contributed by atoms with Gasteiger partial charge in [-0.2, -0.15) is 5.10 Å². The lowest BCUT2D eigenvalue weighted by Crippen LogP contribution is -2.03. The van der Waals surface area contributed by atoms with Crippen molar-refractivity contribution >= 4 is 5.97 Å². The van der Waals surface area contributed by atoms with Gasteiger partial charge in [-0.05, 0) is 25.0 Å². The summed E-state index contributed by atoms with van der Waals surface area (Å²) in [6.45, 7) is -0.0740. The van der Waals surface area contributed by atoms with Crippen molar-refractivity contribution < 1.29 is 23.8 Å². The molecule has 2 N–H and O–H groups in total. The van der Waals surface area contributed by atoms with Crippen LogP contribution < -0.4 is 0 Å². The van der Waals surface area contributed by atoms with Gasteiger partial charge in [-0.1, -0.05) is 0 Å². The van der Waals surface area contributed by atoms with Gasteiger partial charge < -0.3 is 10.2 Å². The van der Waals surface area contributed by atoms with E-state index in [4.69, 9.17) is 10.2 Å². The van der Waals surface area contributed by atoms with E-state index in [1.165, 1.54) is 16.9 Å². The molecule has 1 aromatic heterocycles. The molecule has 0 aliphatic rings. The molecule has 0 radical (unpaired) electrons. The zero-order valence-corrected chi connectivity index (χ0v) is 10.4. The molecule has 0 amide bonds. The first-order valence-corrected chi connectivity index (χ1v) is 5.91. The van der Waals surface area contributed by atoms with Crippen LogP contribution in [0.5, 0.6) is 0 Å². The van der Waals surface area contributed by atoms with Crippen molar-refractivity contribution in [3.8, 4) is 5.69 Å². The van der Waals surface area contributed by atoms with Crippen LogP contribution in [0.1, 0.15) is 22.5 Å². The molecule has 0 spiro atoms. The van der Waals surface area contributed by atoms with Crippen LogP contribution in [0.4, 0.5) is 8.78 Å². The average molecular weight is 282 g/mol. The Bertz CT molecular complexity index is 641. The lowest BCUT2D eigenvalue weighted by Gasteiger charge is -2.01. The summed E-state index contributed by atoms with van der Waals surface area (Å²) >= 11 is 0. The van der Waals surface area contributed by atoms with Gasteiger partial charge in [-0.3, -0.25) is 0 Å². The summed E-state index contributed by atoms with van der Waals surface area (Å²) in [4.78, 5) is 11.1. The smallest absolute Gasteiger partial charge is 0.356 e. The Kier molecular flexibility index (Phi) is 4.09. The van der Waals surface area contributed by atoms with Gasteiger partial charge in [0.05, 0.1) is 5.69 Å². The Balaban J connectivity index is 2.41. The summed E-state index contributed by atoms with van der Waals surface area (Å²) < 4.78 is 27.2. The van der Waals surface area contributed by atoms with Gasteiger partial charge in [0, 0.05) is 24.4 Å². The maximum atomic E-state index is 13.2. The topological polar surface area (TPSA) is 75.3 Å². The summed E-state index contributed by atoms with van der Waals surface area (Å²) in [5.41, 5.74) is 0.487. The van der Waals surface area contributed by atoms with E-state index < -0.39 is 17.6 Å². The molecule has 0 fully saturated rings. The highest BCUT2D eigenvalue weighted by Gasteiger charge is 2.16. The molecule has 7 heteroatoms. The van der Waals surface area contributed by atoms with Crippen molar-refractivity contribution in [1.29, 1.82) is 0 Å². The number of aromatic nitrogens is 2. The molecule has 0 saturated heterocycles. The van der Waals surface area contributed by atoms with Crippen LogP contribution in [0.2, 0.25) is 0 Å². The maximum Gasteiger partial charge on any atom is 0.356 e. The zero-order valence-electron chi connectivity index (χ0n) is 10.4. The van der Waals surface area contributed by atoms with Crippen molar-refractivity contribution in [1.82, 2.24) is 9.78 Å². The van der Waals surface area contributed by atoms with Crippen LogP contribution in [0.15, 0.2) is 24.4 Å². The van der Waals surface area contributed by atoms with Crippen molar-refractivity contribution in [2.45, 2.75) is 12.8 Å². The van der Waals surface area contributed by atoms with E-state index >= 15 is 0 Å². The minimum atomic E-state index is -1.21. The van der Waals surface area contributed by atoms with E-state index in [1.807, 2.05) is 0 Å². The monoisotopic (exact) mass is 282 g/mol. The fraction of sp³-hybridized carbons (Fsp3) is 0.231. The normalized spacial score (nSPS) is 10.8. The van der Waals surface area contributed by atoms with Crippen LogP contribution in [-0.4, -0.2) is 32.6 Å². The van der Waals surface area contributed by atoms with Crippen molar-refractivity contribution in [3.05, 3.63) is 47.3 Å². The molecule has 0 saturated carbocycles. The quantitative estimate of drug-likeness (QED) is 0.876. The van der Waals surface area contributed by atoms with E-state index in [-0.39, 0.29) is 18.0 Å². The van der Waals surface area contributed by atoms with E-state index in [2.05, 4.69) is 5.10 Å². The third-order valence-corrected chi connectivity index (χ3v) is 2.76. The number of aliphatic hydroxyl groups is 1. The lowest BCUT2D eigenvalue weighted by molar-refractivity contribution is 0.0688. The molecule has 106 valence electrons. The van der Waals surface area contributed by atoms with E-state index in [0.717, 1.165) is 12.1 Å². The Labute approximate surface area is 113 Å². The third kappa shape index (κ3) is 2.83. The molecule has 0 bridgehead atoms. The second kappa shape index (κ2) is 5.79. The zero-order chi connectivity index (χ0) is 14.7. The number of hydrogen-bond acceptors (Lipinski definition) is 3. The lowest BCUT2D eigenvalue weighted by atomic mass is 10.1. The van der Waals surface area contributed by atoms with Gasteiger partial charge in [-0.15, -0.1) is 0 Å². The number of carbonyl (C=O) groups is 1. The molecule has 5 nitrogen and oxygen atoms in total. The first-order chi connectivity index (χ1) is 9.52. The Morgan fingerprint density at radius 1 is 1.30 bits per heavy atom. The maximum absolute atomic E-state index is 13.2. The molecule has 1 aromatic carbocycles. The summed E-state index contributed by atoms with van der Waals surface area (Å²) in [5.74, 6) is -3.23. The van der Waals surface area contributed by atoms with Gasteiger partial charge in [-0.25, -0.2) is 18.3 Å². The Hall–Kier alpha value is -2.28. The molecule has 1 heterocycles. The standard InChI is InChI=1S/C13H12F2N2O3/c14-10-4-3-9(6-11(10)15)17-7-8(2-1-5-18)12(16-17)13(19)20/h3-4,6-7,18H,1-2,5H2,(H,19,20). The minimum absolute atomic E-state index is 0.0740. The van der Waals surface area contributed by atoms with Crippen molar-refractivity contribution in [3.63, 3.8) is 0 Å². The summed E-state index contributed by atoms with van der Waals surface area (Å²) in [6.07, 6.45) is 2.16. The summed E-state index contributed by atoms with van der Waals surface area (Å²) in [7, 11) is 0. The second-order valence-corrected chi connectivity index (χ2v) is 4.18. The first kappa shape index (κ1) is 14.1. The molecule has 0 aliphatic heterocycles. The fourth-order valence-electron chi connectivity index (χ4n) is 1.80. The predicted molar refractivity (Wildman–Crippen MR) is 65.8 cm³/mol. The van der Waals surface area contributed by atoms with Crippen LogP contribution in [0.25, 0.3) is 5.69 Å².